The van der Waals surface area contributed by atoms with E-state index in [9.17, 15) is 17.6 Å². The molecule has 1 amide bonds. The van der Waals surface area contributed by atoms with E-state index in [0.717, 1.165) is 17.7 Å². The van der Waals surface area contributed by atoms with Crippen LogP contribution in [0.5, 0.6) is 5.75 Å². The summed E-state index contributed by atoms with van der Waals surface area (Å²) in [6.45, 7) is 0.760. The van der Waals surface area contributed by atoms with Gasteiger partial charge in [0.1, 0.15) is 24.2 Å². The number of carbonyl (C=O) groups is 1. The number of halogens is 1. The van der Waals surface area contributed by atoms with Crippen molar-refractivity contribution < 1.29 is 27.1 Å². The van der Waals surface area contributed by atoms with Crippen molar-refractivity contribution in [2.24, 2.45) is 0 Å². The lowest BCUT2D eigenvalue weighted by Gasteiger charge is -2.38. The van der Waals surface area contributed by atoms with Crippen LogP contribution in [0.4, 0.5) is 10.1 Å². The molecule has 0 bridgehead atoms. The molecule has 0 radical (unpaired) electrons. The highest BCUT2D eigenvalue weighted by molar-refractivity contribution is 7.92. The Morgan fingerprint density at radius 1 is 1.12 bits per heavy atom. The number of hydrogen-bond donors (Lipinski definition) is 1. The number of ether oxygens (including phenoxy) is 2. The first-order chi connectivity index (χ1) is 15.9. The lowest BCUT2D eigenvalue weighted by molar-refractivity contribution is 0.0936. The summed E-state index contributed by atoms with van der Waals surface area (Å²) in [6.07, 6.45) is 0. The number of fused-ring (bicyclic) bond motifs is 1. The smallest absolute Gasteiger partial charge is 0.265 e. The van der Waals surface area contributed by atoms with Gasteiger partial charge in [-0.15, -0.1) is 0 Å². The quantitative estimate of drug-likeness (QED) is 0.534. The highest BCUT2D eigenvalue weighted by atomic mass is 32.2. The highest BCUT2D eigenvalue weighted by Gasteiger charge is 2.38. The summed E-state index contributed by atoms with van der Waals surface area (Å²) in [6, 6.07) is 17.8. The second-order valence-corrected chi connectivity index (χ2v) is 9.24. The van der Waals surface area contributed by atoms with Gasteiger partial charge >= 0.3 is 0 Å². The third kappa shape index (κ3) is 4.69. The maximum absolute atomic E-state index is 13.7. The number of anilines is 1. The molecule has 33 heavy (non-hydrogen) atoms. The molecule has 9 heteroatoms. The van der Waals surface area contributed by atoms with Gasteiger partial charge in [-0.2, -0.15) is 0 Å². The van der Waals surface area contributed by atoms with Crippen molar-refractivity contribution >= 4 is 21.6 Å². The fourth-order valence-corrected chi connectivity index (χ4v) is 5.28. The first-order valence-electron chi connectivity index (χ1n) is 10.3. The molecule has 3 aromatic rings. The SMILES string of the molecule is COCCNC(=O)c1ccc2c(c1)OCC(c1ccccc1)N2S(=O)(=O)c1ccc(F)cc1. The van der Waals surface area contributed by atoms with Crippen molar-refractivity contribution in [3.05, 3.63) is 89.7 Å². The molecule has 172 valence electrons. The zero-order chi connectivity index (χ0) is 23.4. The molecule has 1 aliphatic heterocycles. The number of methoxy groups -OCH3 is 1. The molecule has 0 spiro atoms. The Balaban J connectivity index is 1.77. The molecule has 0 fully saturated rings. The molecule has 0 saturated heterocycles. The Morgan fingerprint density at radius 3 is 2.55 bits per heavy atom. The summed E-state index contributed by atoms with van der Waals surface area (Å²) in [5, 5.41) is 2.73. The van der Waals surface area contributed by atoms with Crippen LogP contribution in [-0.2, 0) is 14.8 Å². The van der Waals surface area contributed by atoms with Crippen LogP contribution >= 0.6 is 0 Å². The predicted octanol–water partition coefficient (Wildman–Crippen LogP) is 3.53. The van der Waals surface area contributed by atoms with Crippen molar-refractivity contribution in [1.82, 2.24) is 5.32 Å². The Bertz CT molecular complexity index is 1230. The first-order valence-corrected chi connectivity index (χ1v) is 11.7. The normalized spacial score (nSPS) is 15.5. The molecule has 1 heterocycles. The molecule has 1 N–H and O–H groups in total. The largest absolute Gasteiger partial charge is 0.489 e. The average Bonchev–Trinajstić information content (AvgIpc) is 2.83. The molecular formula is C24H23FN2O5S. The summed E-state index contributed by atoms with van der Waals surface area (Å²) in [4.78, 5) is 12.4. The maximum atomic E-state index is 13.7. The summed E-state index contributed by atoms with van der Waals surface area (Å²) in [5.74, 6) is -0.580. The zero-order valence-corrected chi connectivity index (χ0v) is 18.7. The molecule has 3 aromatic carbocycles. The molecule has 1 unspecified atom stereocenters. The van der Waals surface area contributed by atoms with Crippen LogP contribution in [0.15, 0.2) is 77.7 Å². The van der Waals surface area contributed by atoms with Gasteiger partial charge in [-0.05, 0) is 48.0 Å². The van der Waals surface area contributed by atoms with Gasteiger partial charge < -0.3 is 14.8 Å². The van der Waals surface area contributed by atoms with Gasteiger partial charge in [0.15, 0.2) is 0 Å². The van der Waals surface area contributed by atoms with E-state index in [0.29, 0.717) is 24.4 Å². The molecule has 0 aliphatic carbocycles. The minimum Gasteiger partial charge on any atom is -0.489 e. The van der Waals surface area contributed by atoms with Crippen LogP contribution in [0.25, 0.3) is 0 Å². The molecule has 0 saturated carbocycles. The minimum absolute atomic E-state index is 0.0425. The Kier molecular flexibility index (Phi) is 6.62. The first kappa shape index (κ1) is 22.8. The minimum atomic E-state index is -4.07. The number of nitrogens with zero attached hydrogens (tertiary/aromatic N) is 1. The van der Waals surface area contributed by atoms with Crippen LogP contribution in [0, 0.1) is 5.82 Å². The van der Waals surface area contributed by atoms with Crippen LogP contribution in [0.1, 0.15) is 22.0 Å². The van der Waals surface area contributed by atoms with Crippen molar-refractivity contribution in [3.63, 3.8) is 0 Å². The number of amides is 1. The van der Waals surface area contributed by atoms with Gasteiger partial charge in [0.05, 0.1) is 17.2 Å². The van der Waals surface area contributed by atoms with Gasteiger partial charge in [0.2, 0.25) is 0 Å². The van der Waals surface area contributed by atoms with Crippen molar-refractivity contribution in [2.75, 3.05) is 31.2 Å². The third-order valence-corrected chi connectivity index (χ3v) is 7.12. The van der Waals surface area contributed by atoms with Crippen LogP contribution in [-0.4, -0.2) is 41.2 Å². The van der Waals surface area contributed by atoms with Gasteiger partial charge in [-0.1, -0.05) is 30.3 Å². The number of benzene rings is 3. The summed E-state index contributed by atoms with van der Waals surface area (Å²) in [7, 11) is -2.53. The molecule has 7 nitrogen and oxygen atoms in total. The maximum Gasteiger partial charge on any atom is 0.265 e. The zero-order valence-electron chi connectivity index (χ0n) is 17.9. The van der Waals surface area contributed by atoms with E-state index in [4.69, 9.17) is 9.47 Å². The summed E-state index contributed by atoms with van der Waals surface area (Å²) < 4.78 is 53.0. The molecule has 1 atom stereocenters. The second-order valence-electron chi connectivity index (χ2n) is 7.42. The highest BCUT2D eigenvalue weighted by Crippen LogP contribution is 2.43. The van der Waals surface area contributed by atoms with Crippen LogP contribution < -0.4 is 14.4 Å². The Morgan fingerprint density at radius 2 is 1.85 bits per heavy atom. The van der Waals surface area contributed by atoms with Gasteiger partial charge in [0, 0.05) is 19.2 Å². The van der Waals surface area contributed by atoms with E-state index < -0.39 is 21.9 Å². The predicted molar refractivity (Wildman–Crippen MR) is 121 cm³/mol. The molecular weight excluding hydrogens is 447 g/mol. The van der Waals surface area contributed by atoms with E-state index in [1.807, 2.05) is 30.3 Å². The van der Waals surface area contributed by atoms with E-state index in [2.05, 4.69) is 5.32 Å². The van der Waals surface area contributed by atoms with Crippen molar-refractivity contribution in [3.8, 4) is 5.75 Å². The summed E-state index contributed by atoms with van der Waals surface area (Å²) >= 11 is 0. The van der Waals surface area contributed by atoms with Crippen molar-refractivity contribution in [1.29, 1.82) is 0 Å². The fourth-order valence-electron chi connectivity index (χ4n) is 3.65. The van der Waals surface area contributed by atoms with E-state index in [1.54, 1.807) is 12.1 Å². The number of hydrogen-bond acceptors (Lipinski definition) is 5. The average molecular weight is 471 g/mol. The molecule has 4 rings (SSSR count). The Hall–Kier alpha value is -3.43. The number of rotatable bonds is 7. The standard InChI is InChI=1S/C24H23FN2O5S/c1-31-14-13-26-24(28)18-7-12-21-23(15-18)32-16-22(17-5-3-2-4-6-17)27(21)33(29,30)20-10-8-19(25)9-11-20/h2-12,15,22H,13-14,16H2,1H3,(H,26,28). The fraction of sp³-hybridized carbons (Fsp3) is 0.208. The number of nitrogens with one attached hydrogen (secondary N) is 1. The monoisotopic (exact) mass is 470 g/mol. The van der Waals surface area contributed by atoms with E-state index >= 15 is 0 Å². The van der Waals surface area contributed by atoms with Crippen molar-refractivity contribution in [2.45, 2.75) is 10.9 Å². The molecule has 0 aromatic heterocycles. The molecule has 1 aliphatic rings. The van der Waals surface area contributed by atoms with Gasteiger partial charge in [-0.25, -0.2) is 12.8 Å². The van der Waals surface area contributed by atoms with Gasteiger partial charge in [-0.3, -0.25) is 9.10 Å². The lowest BCUT2D eigenvalue weighted by Crippen LogP contribution is -2.41. The van der Waals surface area contributed by atoms with Gasteiger partial charge in [0.25, 0.3) is 15.9 Å². The summed E-state index contributed by atoms with van der Waals surface area (Å²) in [5.41, 5.74) is 1.38. The van der Waals surface area contributed by atoms with E-state index in [1.165, 1.54) is 29.6 Å². The third-order valence-electron chi connectivity index (χ3n) is 5.29. The van der Waals surface area contributed by atoms with E-state index in [-0.39, 0.29) is 23.2 Å². The number of carbonyl (C=O) groups excluding carboxylic acids is 1. The second kappa shape index (κ2) is 9.60. The van der Waals surface area contributed by atoms with Crippen LogP contribution in [0.2, 0.25) is 0 Å². The Labute approximate surface area is 191 Å². The lowest BCUT2D eigenvalue weighted by atomic mass is 10.0. The van der Waals surface area contributed by atoms with Crippen LogP contribution in [0.3, 0.4) is 0 Å². The number of sulfonamides is 1. The topological polar surface area (TPSA) is 84.9 Å².